The van der Waals surface area contributed by atoms with Crippen molar-refractivity contribution >= 4 is 72.6 Å². The van der Waals surface area contributed by atoms with Crippen molar-refractivity contribution in [3.8, 4) is 5.75 Å². The molecule has 0 radical (unpaired) electrons. The van der Waals surface area contributed by atoms with Gasteiger partial charge in [0.15, 0.2) is 0 Å². The molecule has 16 heteroatoms. The number of nitrogens with two attached hydrogens (primary N) is 1. The molecule has 0 spiro atoms. The maximum Gasteiger partial charge on any atom is 0.412 e. The van der Waals surface area contributed by atoms with Gasteiger partial charge in [0.25, 0.3) is 0 Å². The van der Waals surface area contributed by atoms with Crippen LogP contribution in [0.4, 0.5) is 4.79 Å². The third kappa shape index (κ3) is 5.08. The van der Waals surface area contributed by atoms with Gasteiger partial charge in [0.05, 0.1) is 33.9 Å². The van der Waals surface area contributed by atoms with Crippen LogP contribution in [0.2, 0.25) is 0 Å². The Labute approximate surface area is 205 Å². The fraction of sp³-hybridized carbons (Fsp3) is 0.105. The third-order valence-electron chi connectivity index (χ3n) is 4.94. The normalized spacial score (nSPS) is 12.1. The number of hydrogen-bond donors (Lipinski definition) is 2. The Hall–Kier alpha value is -2.48. The summed E-state index contributed by atoms with van der Waals surface area (Å²) in [5.74, 6) is 0.0298. The van der Waals surface area contributed by atoms with Gasteiger partial charge in [-0.05, 0) is 34.4 Å². The maximum atomic E-state index is 12.2. The standard InChI is InChI=1S/C19H16N2O11S3/c20-5-6-21-19(22)28-13-7-14(33-31-29-23)10-2-3-11-15(34-32-30-24)8-16(35(25,26)27)12-4-1-9(13)17(10)18(11)12/h1-4,7-8,23-24H,5-6,20H2,(H,21,22)(H,25,26,27)/p-3. The van der Waals surface area contributed by atoms with E-state index in [1.54, 1.807) is 12.1 Å². The van der Waals surface area contributed by atoms with Crippen LogP contribution in [-0.4, -0.2) is 32.2 Å². The molecule has 13 nitrogen and oxygen atoms in total. The number of carbonyl (C=O) groups is 1. The van der Waals surface area contributed by atoms with Crippen molar-refractivity contribution < 1.29 is 51.8 Å². The molecule has 0 aliphatic rings. The molecular formula is C19H13N2O11S3-3. The van der Waals surface area contributed by atoms with Gasteiger partial charge in [-0.15, -0.1) is 0 Å². The fourth-order valence-corrected chi connectivity index (χ4v) is 5.53. The zero-order valence-electron chi connectivity index (χ0n) is 17.2. The van der Waals surface area contributed by atoms with E-state index >= 15 is 0 Å². The Balaban J connectivity index is 2.08. The van der Waals surface area contributed by atoms with Gasteiger partial charge in [0.2, 0.25) is 0 Å². The second-order valence-corrected chi connectivity index (χ2v) is 9.65. The SMILES string of the molecule is NCCNC(=O)Oc1cc(SOO[O-])c2ccc3c(SOO[O-])cc(S(=O)(=O)[O-])c4ccc1c2c34. The van der Waals surface area contributed by atoms with E-state index in [-0.39, 0.29) is 39.4 Å². The Morgan fingerprint density at radius 3 is 2.03 bits per heavy atom. The average Bonchev–Trinajstić information content (AvgIpc) is 2.83. The lowest BCUT2D eigenvalue weighted by Gasteiger charge is -2.20. The van der Waals surface area contributed by atoms with Crippen molar-refractivity contribution in [1.29, 1.82) is 0 Å². The number of amides is 1. The van der Waals surface area contributed by atoms with Gasteiger partial charge < -0.3 is 30.9 Å². The molecular weight excluding hydrogens is 528 g/mol. The summed E-state index contributed by atoms with van der Waals surface area (Å²) in [5, 5.41) is 32.0. The highest BCUT2D eigenvalue weighted by Gasteiger charge is 2.22. The van der Waals surface area contributed by atoms with Crippen molar-refractivity contribution in [3.05, 3.63) is 36.4 Å². The molecule has 35 heavy (non-hydrogen) atoms. The molecule has 0 aliphatic heterocycles. The van der Waals surface area contributed by atoms with E-state index in [2.05, 4.69) is 24.1 Å². The largest absolute Gasteiger partial charge is 0.744 e. The van der Waals surface area contributed by atoms with Gasteiger partial charge in [0.1, 0.15) is 15.9 Å². The summed E-state index contributed by atoms with van der Waals surface area (Å²) in [4.78, 5) is 12.0. The minimum absolute atomic E-state index is 0.0298. The van der Waals surface area contributed by atoms with Gasteiger partial charge in [-0.2, -0.15) is 8.67 Å². The third-order valence-corrected chi connectivity index (χ3v) is 7.09. The van der Waals surface area contributed by atoms with E-state index in [1.807, 2.05) is 0 Å². The summed E-state index contributed by atoms with van der Waals surface area (Å²) < 4.78 is 50.4. The zero-order valence-corrected chi connectivity index (χ0v) is 19.6. The first kappa shape index (κ1) is 25.6. The van der Waals surface area contributed by atoms with Crippen molar-refractivity contribution in [1.82, 2.24) is 5.32 Å². The Bertz CT molecular complexity index is 1500. The second kappa shape index (κ2) is 10.6. The van der Waals surface area contributed by atoms with Gasteiger partial charge in [0, 0.05) is 34.1 Å². The molecule has 0 saturated heterocycles. The minimum atomic E-state index is -4.98. The first-order chi connectivity index (χ1) is 16.8. The summed E-state index contributed by atoms with van der Waals surface area (Å²) in [6, 6.07) is 8.56. The van der Waals surface area contributed by atoms with E-state index in [0.717, 1.165) is 6.07 Å². The number of benzene rings is 4. The summed E-state index contributed by atoms with van der Waals surface area (Å²) in [6.07, 6.45) is -0.817. The summed E-state index contributed by atoms with van der Waals surface area (Å²) in [5.41, 5.74) is 5.39. The number of hydrogen-bond acceptors (Lipinski definition) is 14. The van der Waals surface area contributed by atoms with Crippen LogP contribution in [0.15, 0.2) is 51.1 Å². The lowest BCUT2D eigenvalue weighted by Crippen LogP contribution is -2.31. The highest BCUT2D eigenvalue weighted by molar-refractivity contribution is 7.95. The van der Waals surface area contributed by atoms with Crippen LogP contribution in [0.5, 0.6) is 5.75 Å². The molecule has 0 aliphatic carbocycles. The van der Waals surface area contributed by atoms with Crippen LogP contribution >= 0.6 is 24.1 Å². The molecule has 0 aromatic heterocycles. The molecule has 3 N–H and O–H groups in total. The Morgan fingerprint density at radius 1 is 0.914 bits per heavy atom. The number of ether oxygens (including phenoxy) is 1. The van der Waals surface area contributed by atoms with Gasteiger partial charge in [-0.25, -0.2) is 13.2 Å². The number of nitrogens with one attached hydrogen (secondary N) is 1. The lowest BCUT2D eigenvalue weighted by atomic mass is 9.93. The van der Waals surface area contributed by atoms with Gasteiger partial charge >= 0.3 is 6.09 Å². The predicted octanol–water partition coefficient (Wildman–Crippen LogP) is 0.996. The first-order valence-corrected chi connectivity index (χ1v) is 12.4. The van der Waals surface area contributed by atoms with Crippen LogP contribution in [0.25, 0.3) is 32.3 Å². The molecule has 0 unspecified atom stereocenters. The van der Waals surface area contributed by atoms with Gasteiger partial charge in [-0.3, -0.25) is 10.1 Å². The Kier molecular flexibility index (Phi) is 7.79. The van der Waals surface area contributed by atoms with Crippen molar-refractivity contribution in [2.45, 2.75) is 14.7 Å². The molecule has 0 atom stereocenters. The average molecular weight is 542 g/mol. The summed E-state index contributed by atoms with van der Waals surface area (Å²) >= 11 is 0.931. The van der Waals surface area contributed by atoms with E-state index in [1.165, 1.54) is 18.2 Å². The zero-order chi connectivity index (χ0) is 25.2. The monoisotopic (exact) mass is 541 g/mol. The van der Waals surface area contributed by atoms with Crippen LogP contribution < -0.4 is 26.3 Å². The Morgan fingerprint density at radius 2 is 1.46 bits per heavy atom. The molecule has 0 heterocycles. The quantitative estimate of drug-likeness (QED) is 0.0945. The molecule has 4 aromatic carbocycles. The topological polar surface area (TPSA) is 205 Å². The van der Waals surface area contributed by atoms with E-state index in [0.29, 0.717) is 45.6 Å². The molecule has 0 bridgehead atoms. The molecule has 1 amide bonds. The van der Waals surface area contributed by atoms with Crippen LogP contribution in [0.3, 0.4) is 0 Å². The fourth-order valence-electron chi connectivity index (χ4n) is 3.71. The summed E-state index contributed by atoms with van der Waals surface area (Å²) in [6.45, 7) is 0.317. The molecule has 4 aromatic rings. The highest BCUT2D eigenvalue weighted by Crippen LogP contribution is 2.47. The van der Waals surface area contributed by atoms with Crippen molar-refractivity contribution in [2.75, 3.05) is 13.1 Å². The highest BCUT2D eigenvalue weighted by atomic mass is 32.2. The smallest absolute Gasteiger partial charge is 0.412 e. The lowest BCUT2D eigenvalue weighted by molar-refractivity contribution is -0.777. The molecule has 186 valence electrons. The predicted molar refractivity (Wildman–Crippen MR) is 117 cm³/mol. The van der Waals surface area contributed by atoms with Crippen LogP contribution in [0.1, 0.15) is 0 Å². The first-order valence-electron chi connectivity index (χ1n) is 9.46. The van der Waals surface area contributed by atoms with Crippen molar-refractivity contribution in [2.24, 2.45) is 5.73 Å². The van der Waals surface area contributed by atoms with Gasteiger partial charge in [-0.1, -0.05) is 18.2 Å². The van der Waals surface area contributed by atoms with Crippen molar-refractivity contribution in [3.63, 3.8) is 0 Å². The van der Waals surface area contributed by atoms with E-state index < -0.39 is 21.1 Å². The number of rotatable bonds is 10. The molecule has 0 saturated carbocycles. The van der Waals surface area contributed by atoms with E-state index in [9.17, 15) is 28.3 Å². The minimum Gasteiger partial charge on any atom is -0.744 e. The molecule has 0 fully saturated rings. The summed E-state index contributed by atoms with van der Waals surface area (Å²) in [7, 11) is -4.98. The van der Waals surface area contributed by atoms with Crippen LogP contribution in [0, 0.1) is 0 Å². The van der Waals surface area contributed by atoms with E-state index in [4.69, 9.17) is 10.5 Å². The van der Waals surface area contributed by atoms with Crippen LogP contribution in [-0.2, 0) is 28.9 Å². The second-order valence-electron chi connectivity index (χ2n) is 6.81. The number of carbonyl (C=O) groups excluding carboxylic acids is 1. The maximum absolute atomic E-state index is 12.2. The molecule has 4 rings (SSSR count).